The Balaban J connectivity index is 2.27. The predicted molar refractivity (Wildman–Crippen MR) is 83.5 cm³/mol. The van der Waals surface area contributed by atoms with Gasteiger partial charge in [0, 0.05) is 0 Å². The molecule has 0 saturated heterocycles. The normalized spacial score (nSPS) is 11.5. The van der Waals surface area contributed by atoms with Crippen molar-refractivity contribution in [3.8, 4) is 0 Å². The summed E-state index contributed by atoms with van der Waals surface area (Å²) in [7, 11) is 0. The van der Waals surface area contributed by atoms with Gasteiger partial charge in [0.1, 0.15) is 0 Å². The zero-order valence-electron chi connectivity index (χ0n) is 12.5. The topological polar surface area (TPSA) is 26.3 Å². The number of esters is 1. The fraction of sp³-hybridized carbons (Fsp3) is 0.389. The average Bonchev–Trinajstić information content (AvgIpc) is 2.39. The number of benzene rings is 1. The summed E-state index contributed by atoms with van der Waals surface area (Å²) in [4.78, 5) is 11.7. The lowest BCUT2D eigenvalue weighted by molar-refractivity contribution is -0.143. The maximum absolute atomic E-state index is 11.7. The highest BCUT2D eigenvalue weighted by atomic mass is 16.5. The number of hydrogen-bond acceptors (Lipinski definition) is 2. The number of ether oxygens (including phenoxy) is 1. The highest BCUT2D eigenvalue weighted by Crippen LogP contribution is 2.25. The summed E-state index contributed by atoms with van der Waals surface area (Å²) in [5.74, 6) is -0.159. The maximum atomic E-state index is 11.7. The van der Waals surface area contributed by atoms with Crippen molar-refractivity contribution < 1.29 is 9.53 Å². The van der Waals surface area contributed by atoms with Crippen LogP contribution in [0, 0.1) is 5.41 Å². The molecular formula is C18H24O2. The van der Waals surface area contributed by atoms with Gasteiger partial charge in [0.25, 0.3) is 0 Å². The van der Waals surface area contributed by atoms with Crippen LogP contribution in [0.5, 0.6) is 0 Å². The Bertz CT molecular complexity index is 444. The number of rotatable bonds is 8. The fourth-order valence-electron chi connectivity index (χ4n) is 1.84. The summed E-state index contributed by atoms with van der Waals surface area (Å²) in [5.41, 5.74) is 1.12. The molecule has 1 rings (SSSR count). The second-order valence-electron chi connectivity index (χ2n) is 5.67. The molecule has 0 spiro atoms. The van der Waals surface area contributed by atoms with Gasteiger partial charge in [-0.3, -0.25) is 4.79 Å². The monoisotopic (exact) mass is 272 g/mol. The van der Waals surface area contributed by atoms with Crippen molar-refractivity contribution in [2.45, 2.75) is 33.1 Å². The van der Waals surface area contributed by atoms with Gasteiger partial charge >= 0.3 is 5.97 Å². The van der Waals surface area contributed by atoms with Crippen molar-refractivity contribution in [1.82, 2.24) is 0 Å². The van der Waals surface area contributed by atoms with E-state index in [0.717, 1.165) is 18.4 Å². The first kappa shape index (κ1) is 16.2. The van der Waals surface area contributed by atoms with Crippen molar-refractivity contribution in [2.75, 3.05) is 6.61 Å². The Morgan fingerprint density at radius 2 is 2.00 bits per heavy atom. The lowest BCUT2D eigenvalue weighted by Gasteiger charge is -2.22. The molecular weight excluding hydrogens is 248 g/mol. The molecule has 0 bridgehead atoms. The summed E-state index contributed by atoms with van der Waals surface area (Å²) in [6.07, 6.45) is 7.97. The smallest absolute Gasteiger partial charge is 0.310 e. The quantitative estimate of drug-likeness (QED) is 0.520. The van der Waals surface area contributed by atoms with Crippen LogP contribution in [0.1, 0.15) is 32.3 Å². The Hall–Kier alpha value is -1.83. The van der Waals surface area contributed by atoms with Crippen molar-refractivity contribution in [3.63, 3.8) is 0 Å². The molecule has 0 fully saturated rings. The second-order valence-corrected chi connectivity index (χ2v) is 5.67. The third kappa shape index (κ3) is 6.93. The van der Waals surface area contributed by atoms with E-state index in [1.54, 1.807) is 6.08 Å². The van der Waals surface area contributed by atoms with E-state index in [0.29, 0.717) is 13.0 Å². The second kappa shape index (κ2) is 8.36. The average molecular weight is 272 g/mol. The zero-order chi connectivity index (χ0) is 14.8. The van der Waals surface area contributed by atoms with Gasteiger partial charge in [0.15, 0.2) is 0 Å². The van der Waals surface area contributed by atoms with E-state index < -0.39 is 0 Å². The van der Waals surface area contributed by atoms with Gasteiger partial charge in [0.05, 0.1) is 13.0 Å². The Morgan fingerprint density at radius 3 is 2.65 bits per heavy atom. The summed E-state index contributed by atoms with van der Waals surface area (Å²) in [6.45, 7) is 8.47. The minimum Gasteiger partial charge on any atom is -0.465 e. The van der Waals surface area contributed by atoms with Crippen LogP contribution in [0.4, 0.5) is 0 Å². The van der Waals surface area contributed by atoms with E-state index in [1.807, 2.05) is 36.4 Å². The van der Waals surface area contributed by atoms with Crippen LogP contribution in [-0.2, 0) is 16.0 Å². The minimum atomic E-state index is -0.159. The Labute approximate surface area is 122 Å². The molecule has 0 saturated carbocycles. The summed E-state index contributed by atoms with van der Waals surface area (Å²) in [5, 5.41) is 0. The molecule has 0 N–H and O–H groups in total. The van der Waals surface area contributed by atoms with Crippen LogP contribution in [-0.4, -0.2) is 12.6 Å². The number of allylic oxidation sites excluding steroid dienone is 3. The van der Waals surface area contributed by atoms with Crippen molar-refractivity contribution in [3.05, 3.63) is 60.7 Å². The highest BCUT2D eigenvalue weighted by Gasteiger charge is 2.16. The highest BCUT2D eigenvalue weighted by molar-refractivity contribution is 5.72. The maximum Gasteiger partial charge on any atom is 0.310 e. The lowest BCUT2D eigenvalue weighted by atomic mass is 9.86. The number of carbonyl (C=O) groups excluding carboxylic acids is 1. The van der Waals surface area contributed by atoms with Gasteiger partial charge < -0.3 is 4.74 Å². The molecule has 0 amide bonds. The third-order valence-electron chi connectivity index (χ3n) is 3.18. The van der Waals surface area contributed by atoms with Crippen LogP contribution < -0.4 is 0 Å². The van der Waals surface area contributed by atoms with E-state index >= 15 is 0 Å². The molecule has 1 aromatic carbocycles. The van der Waals surface area contributed by atoms with E-state index in [2.05, 4.69) is 26.5 Å². The standard InChI is InChI=1S/C18H24O2/c1-4-5-9-12-18(2,3)13-14-20-17(19)15-16-10-7-6-8-11-16/h4-11H,1,12-15H2,2-3H3/b9-5+. The molecule has 20 heavy (non-hydrogen) atoms. The van der Waals surface area contributed by atoms with Crippen molar-refractivity contribution in [2.24, 2.45) is 5.41 Å². The van der Waals surface area contributed by atoms with E-state index in [-0.39, 0.29) is 11.4 Å². The molecule has 0 heterocycles. The summed E-state index contributed by atoms with van der Waals surface area (Å²) >= 11 is 0. The largest absolute Gasteiger partial charge is 0.465 e. The van der Waals surface area contributed by atoms with Crippen molar-refractivity contribution >= 4 is 5.97 Å². The lowest BCUT2D eigenvalue weighted by Crippen LogP contribution is -2.16. The van der Waals surface area contributed by atoms with Gasteiger partial charge in [-0.2, -0.15) is 0 Å². The molecule has 0 aliphatic rings. The van der Waals surface area contributed by atoms with Crippen LogP contribution in [0.25, 0.3) is 0 Å². The predicted octanol–water partition coefficient (Wildman–Crippen LogP) is 4.32. The van der Waals surface area contributed by atoms with Gasteiger partial charge in [-0.1, -0.05) is 69.0 Å². The molecule has 0 radical (unpaired) electrons. The van der Waals surface area contributed by atoms with Crippen LogP contribution in [0.2, 0.25) is 0 Å². The van der Waals surface area contributed by atoms with Crippen molar-refractivity contribution in [1.29, 1.82) is 0 Å². The minimum absolute atomic E-state index is 0.131. The number of carbonyl (C=O) groups is 1. The van der Waals surface area contributed by atoms with Gasteiger partial charge in [-0.05, 0) is 23.8 Å². The first-order chi connectivity index (χ1) is 9.53. The molecule has 2 heteroatoms. The summed E-state index contributed by atoms with van der Waals surface area (Å²) in [6, 6.07) is 9.67. The van der Waals surface area contributed by atoms with Gasteiger partial charge in [0.2, 0.25) is 0 Å². The zero-order valence-corrected chi connectivity index (χ0v) is 12.5. The SMILES string of the molecule is C=C/C=C/CC(C)(C)CCOC(=O)Cc1ccccc1. The van der Waals surface area contributed by atoms with Gasteiger partial charge in [-0.15, -0.1) is 0 Å². The van der Waals surface area contributed by atoms with E-state index in [1.165, 1.54) is 0 Å². The third-order valence-corrected chi connectivity index (χ3v) is 3.18. The molecule has 108 valence electrons. The molecule has 0 aliphatic carbocycles. The van der Waals surface area contributed by atoms with Gasteiger partial charge in [-0.25, -0.2) is 0 Å². The fourth-order valence-corrected chi connectivity index (χ4v) is 1.84. The Morgan fingerprint density at radius 1 is 1.30 bits per heavy atom. The first-order valence-electron chi connectivity index (χ1n) is 7.00. The molecule has 0 aliphatic heterocycles. The molecule has 0 aromatic heterocycles. The molecule has 2 nitrogen and oxygen atoms in total. The molecule has 0 atom stereocenters. The van der Waals surface area contributed by atoms with E-state index in [4.69, 9.17) is 4.74 Å². The van der Waals surface area contributed by atoms with Crippen LogP contribution in [0.3, 0.4) is 0 Å². The molecule has 0 unspecified atom stereocenters. The first-order valence-corrected chi connectivity index (χ1v) is 7.00. The Kier molecular flexibility index (Phi) is 6.78. The van der Waals surface area contributed by atoms with Crippen LogP contribution in [0.15, 0.2) is 55.1 Å². The molecule has 1 aromatic rings. The summed E-state index contributed by atoms with van der Waals surface area (Å²) < 4.78 is 5.30. The van der Waals surface area contributed by atoms with Crippen LogP contribution >= 0.6 is 0 Å². The number of hydrogen-bond donors (Lipinski definition) is 0. The van der Waals surface area contributed by atoms with E-state index in [9.17, 15) is 4.79 Å².